The predicted octanol–water partition coefficient (Wildman–Crippen LogP) is 2.57. The van der Waals surface area contributed by atoms with Gasteiger partial charge in [-0.1, -0.05) is 24.6 Å². The molecule has 0 saturated carbocycles. The van der Waals surface area contributed by atoms with Crippen molar-refractivity contribution in [3.05, 3.63) is 34.6 Å². The Morgan fingerprint density at radius 3 is 2.62 bits per heavy atom. The Kier molecular flexibility index (Phi) is 4.44. The highest BCUT2D eigenvalue weighted by molar-refractivity contribution is 6.30. The molecule has 0 spiro atoms. The van der Waals surface area contributed by atoms with Gasteiger partial charge in [0, 0.05) is 23.4 Å². The maximum atomic E-state index is 13.4. The van der Waals surface area contributed by atoms with Crippen molar-refractivity contribution >= 4 is 17.4 Å². The molecule has 4 heteroatoms. The molecule has 0 radical (unpaired) electrons. The third kappa shape index (κ3) is 3.29. The minimum Gasteiger partial charge on any atom is -0.327 e. The second kappa shape index (κ2) is 5.41. The van der Waals surface area contributed by atoms with Gasteiger partial charge in [0.15, 0.2) is 0 Å². The first-order chi connectivity index (χ1) is 7.41. The Hall–Kier alpha value is -0.930. The van der Waals surface area contributed by atoms with E-state index >= 15 is 0 Å². The van der Waals surface area contributed by atoms with Crippen LogP contribution in [0.3, 0.4) is 0 Å². The summed E-state index contributed by atoms with van der Waals surface area (Å²) in [7, 11) is 0. The first-order valence-electron chi connectivity index (χ1n) is 5.14. The van der Waals surface area contributed by atoms with Crippen LogP contribution in [0.2, 0.25) is 5.02 Å². The molecule has 1 aromatic rings. The van der Waals surface area contributed by atoms with E-state index in [0.717, 1.165) is 0 Å². The molecular formula is C12H15ClFNO. The molecule has 0 aliphatic carbocycles. The van der Waals surface area contributed by atoms with Crippen molar-refractivity contribution in [1.82, 2.24) is 0 Å². The van der Waals surface area contributed by atoms with Crippen LogP contribution in [0.25, 0.3) is 0 Å². The molecule has 0 bridgehead atoms. The van der Waals surface area contributed by atoms with E-state index in [1.807, 2.05) is 0 Å². The summed E-state index contributed by atoms with van der Waals surface area (Å²) < 4.78 is 13.4. The van der Waals surface area contributed by atoms with Crippen molar-refractivity contribution in [1.29, 1.82) is 0 Å². The summed E-state index contributed by atoms with van der Waals surface area (Å²) in [5, 5.41) is 0.328. The van der Waals surface area contributed by atoms with Crippen LogP contribution in [0, 0.1) is 11.7 Å². The topological polar surface area (TPSA) is 43.1 Å². The van der Waals surface area contributed by atoms with E-state index in [9.17, 15) is 9.18 Å². The van der Waals surface area contributed by atoms with Crippen molar-refractivity contribution in [2.75, 3.05) is 0 Å². The van der Waals surface area contributed by atoms with Gasteiger partial charge in [0.2, 0.25) is 0 Å². The third-order valence-electron chi connectivity index (χ3n) is 2.68. The van der Waals surface area contributed by atoms with Gasteiger partial charge in [-0.3, -0.25) is 4.79 Å². The molecule has 0 aliphatic heterocycles. The Morgan fingerprint density at radius 2 is 2.12 bits per heavy atom. The number of carbonyl (C=O) groups is 1. The number of hydrogen-bond donors (Lipinski definition) is 1. The lowest BCUT2D eigenvalue weighted by molar-refractivity contribution is -0.122. The van der Waals surface area contributed by atoms with Gasteiger partial charge < -0.3 is 5.73 Å². The molecule has 16 heavy (non-hydrogen) atoms. The van der Waals surface area contributed by atoms with Crippen LogP contribution in [-0.2, 0) is 11.2 Å². The maximum Gasteiger partial charge on any atom is 0.141 e. The van der Waals surface area contributed by atoms with Gasteiger partial charge in [0.25, 0.3) is 0 Å². The van der Waals surface area contributed by atoms with Gasteiger partial charge in [-0.2, -0.15) is 0 Å². The summed E-state index contributed by atoms with van der Waals surface area (Å²) in [6.45, 7) is 3.52. The SMILES string of the molecule is CC(N)C(C)C(=O)Cc1ccc(Cl)cc1F. The Morgan fingerprint density at radius 1 is 1.50 bits per heavy atom. The van der Waals surface area contributed by atoms with Gasteiger partial charge in [0.1, 0.15) is 11.6 Å². The normalized spacial score (nSPS) is 14.6. The van der Waals surface area contributed by atoms with Crippen LogP contribution >= 0.6 is 11.6 Å². The van der Waals surface area contributed by atoms with Gasteiger partial charge >= 0.3 is 0 Å². The van der Waals surface area contributed by atoms with Crippen LogP contribution in [0.5, 0.6) is 0 Å². The van der Waals surface area contributed by atoms with Crippen LogP contribution in [0.4, 0.5) is 4.39 Å². The minimum atomic E-state index is -0.447. The van der Waals surface area contributed by atoms with Crippen LogP contribution in [-0.4, -0.2) is 11.8 Å². The van der Waals surface area contributed by atoms with E-state index in [0.29, 0.717) is 10.6 Å². The highest BCUT2D eigenvalue weighted by Gasteiger charge is 2.18. The second-order valence-electron chi connectivity index (χ2n) is 4.03. The number of hydrogen-bond acceptors (Lipinski definition) is 2. The molecular weight excluding hydrogens is 229 g/mol. The zero-order valence-electron chi connectivity index (χ0n) is 9.34. The molecule has 1 rings (SSSR count). The van der Waals surface area contributed by atoms with E-state index in [2.05, 4.69) is 0 Å². The maximum absolute atomic E-state index is 13.4. The highest BCUT2D eigenvalue weighted by atomic mass is 35.5. The van der Waals surface area contributed by atoms with Crippen molar-refractivity contribution in [3.63, 3.8) is 0 Å². The smallest absolute Gasteiger partial charge is 0.141 e. The molecule has 1 aromatic carbocycles. The molecule has 0 aliphatic rings. The Balaban J connectivity index is 2.77. The number of Topliss-reactive ketones (excluding diaryl/α,β-unsaturated/α-hetero) is 1. The monoisotopic (exact) mass is 243 g/mol. The molecule has 0 fully saturated rings. The molecule has 0 heterocycles. The standard InChI is InChI=1S/C12H15ClFNO/c1-7(8(2)15)12(16)5-9-3-4-10(13)6-11(9)14/h3-4,6-8H,5,15H2,1-2H3. The quantitative estimate of drug-likeness (QED) is 0.883. The van der Waals surface area contributed by atoms with E-state index in [-0.39, 0.29) is 24.2 Å². The molecule has 2 unspecified atom stereocenters. The average Bonchev–Trinajstić information content (AvgIpc) is 2.20. The zero-order chi connectivity index (χ0) is 12.3. The second-order valence-corrected chi connectivity index (χ2v) is 4.46. The van der Waals surface area contributed by atoms with Crippen molar-refractivity contribution in [2.24, 2.45) is 11.7 Å². The molecule has 88 valence electrons. The largest absolute Gasteiger partial charge is 0.327 e. The van der Waals surface area contributed by atoms with Gasteiger partial charge in [-0.05, 0) is 24.6 Å². The first kappa shape index (κ1) is 13.1. The van der Waals surface area contributed by atoms with E-state index in [1.165, 1.54) is 12.1 Å². The fourth-order valence-electron chi connectivity index (χ4n) is 1.31. The zero-order valence-corrected chi connectivity index (χ0v) is 10.1. The number of benzene rings is 1. The summed E-state index contributed by atoms with van der Waals surface area (Å²) in [6, 6.07) is 4.09. The predicted molar refractivity (Wildman–Crippen MR) is 62.9 cm³/mol. The molecule has 0 amide bonds. The number of halogens is 2. The average molecular weight is 244 g/mol. The molecule has 0 aromatic heterocycles. The number of nitrogens with two attached hydrogens (primary N) is 1. The lowest BCUT2D eigenvalue weighted by atomic mass is 9.94. The van der Waals surface area contributed by atoms with Crippen LogP contribution < -0.4 is 5.73 Å². The fourth-order valence-corrected chi connectivity index (χ4v) is 1.47. The number of rotatable bonds is 4. The first-order valence-corrected chi connectivity index (χ1v) is 5.52. The van der Waals surface area contributed by atoms with Crippen molar-refractivity contribution in [3.8, 4) is 0 Å². The number of carbonyl (C=O) groups excluding carboxylic acids is 1. The van der Waals surface area contributed by atoms with E-state index < -0.39 is 5.82 Å². The minimum absolute atomic E-state index is 0.0591. The lowest BCUT2D eigenvalue weighted by Crippen LogP contribution is -2.31. The summed E-state index contributed by atoms with van der Waals surface area (Å²) in [4.78, 5) is 11.7. The summed E-state index contributed by atoms with van der Waals surface area (Å²) >= 11 is 5.62. The van der Waals surface area contributed by atoms with Crippen LogP contribution in [0.1, 0.15) is 19.4 Å². The lowest BCUT2D eigenvalue weighted by Gasteiger charge is -2.14. The van der Waals surface area contributed by atoms with Gasteiger partial charge in [0.05, 0.1) is 0 Å². The van der Waals surface area contributed by atoms with Gasteiger partial charge in [-0.25, -0.2) is 4.39 Å². The Bertz CT molecular complexity index is 393. The third-order valence-corrected chi connectivity index (χ3v) is 2.91. The highest BCUT2D eigenvalue weighted by Crippen LogP contribution is 2.16. The van der Waals surface area contributed by atoms with Crippen molar-refractivity contribution < 1.29 is 9.18 Å². The summed E-state index contributed by atoms with van der Waals surface area (Å²) in [5.74, 6) is -0.774. The van der Waals surface area contributed by atoms with Crippen molar-refractivity contribution in [2.45, 2.75) is 26.3 Å². The Labute approximate surface area is 99.6 Å². The molecule has 2 nitrogen and oxygen atoms in total. The van der Waals surface area contributed by atoms with E-state index in [1.54, 1.807) is 19.9 Å². The summed E-state index contributed by atoms with van der Waals surface area (Å²) in [6.07, 6.45) is 0.0612. The van der Waals surface area contributed by atoms with Crippen LogP contribution in [0.15, 0.2) is 18.2 Å². The van der Waals surface area contributed by atoms with Gasteiger partial charge in [-0.15, -0.1) is 0 Å². The van der Waals surface area contributed by atoms with E-state index in [4.69, 9.17) is 17.3 Å². The number of ketones is 1. The summed E-state index contributed by atoms with van der Waals surface area (Å²) in [5.41, 5.74) is 5.98. The molecule has 2 N–H and O–H groups in total. The molecule has 0 saturated heterocycles. The molecule has 2 atom stereocenters. The fraction of sp³-hybridized carbons (Fsp3) is 0.417.